The smallest absolute Gasteiger partial charge is 0.261 e. The van der Waals surface area contributed by atoms with Crippen molar-refractivity contribution < 1.29 is 14.4 Å². The van der Waals surface area contributed by atoms with Gasteiger partial charge in [0.15, 0.2) is 10.6 Å². The Bertz CT molecular complexity index is 1220. The van der Waals surface area contributed by atoms with E-state index in [4.69, 9.17) is 12.2 Å². The highest BCUT2D eigenvalue weighted by Gasteiger charge is 2.35. The van der Waals surface area contributed by atoms with Gasteiger partial charge in [-0.3, -0.25) is 28.9 Å². The van der Waals surface area contributed by atoms with Crippen LogP contribution in [0.4, 0.5) is 0 Å². The molecule has 0 spiro atoms. The summed E-state index contributed by atoms with van der Waals surface area (Å²) in [7, 11) is 0. The molecule has 31 heavy (non-hydrogen) atoms. The highest BCUT2D eigenvalue weighted by atomic mass is 32.1. The zero-order chi connectivity index (χ0) is 21.5. The summed E-state index contributed by atoms with van der Waals surface area (Å²) in [6.45, 7) is 0.434. The van der Waals surface area contributed by atoms with Gasteiger partial charge in [-0.2, -0.15) is 5.10 Å². The van der Waals surface area contributed by atoms with E-state index < -0.39 is 0 Å². The first kappa shape index (κ1) is 19.4. The van der Waals surface area contributed by atoms with E-state index in [2.05, 4.69) is 15.5 Å². The number of carbonyl (C=O) groups is 3. The van der Waals surface area contributed by atoms with E-state index in [1.54, 1.807) is 48.5 Å². The van der Waals surface area contributed by atoms with Gasteiger partial charge in [0, 0.05) is 11.6 Å². The lowest BCUT2D eigenvalue weighted by Gasteiger charge is -2.14. The molecule has 3 aromatic rings. The van der Waals surface area contributed by atoms with Gasteiger partial charge in [0.25, 0.3) is 17.7 Å². The number of aromatic amines is 1. The van der Waals surface area contributed by atoms with Crippen LogP contribution in [0.2, 0.25) is 0 Å². The number of nitrogens with zero attached hydrogens (tertiary/aromatic N) is 3. The summed E-state index contributed by atoms with van der Waals surface area (Å²) in [6, 6.07) is 14.0. The molecular weight excluding hydrogens is 414 g/mol. The van der Waals surface area contributed by atoms with E-state index in [-0.39, 0.29) is 30.8 Å². The Morgan fingerprint density at radius 1 is 1.06 bits per heavy atom. The third-order valence-corrected chi connectivity index (χ3v) is 5.82. The lowest BCUT2D eigenvalue weighted by atomic mass is 10.1. The average Bonchev–Trinajstić information content (AvgIpc) is 3.52. The minimum Gasteiger partial charge on any atom is -0.345 e. The molecule has 1 saturated carbocycles. The van der Waals surface area contributed by atoms with Crippen LogP contribution >= 0.6 is 12.2 Å². The molecule has 0 bridgehead atoms. The Morgan fingerprint density at radius 2 is 1.71 bits per heavy atom. The van der Waals surface area contributed by atoms with Crippen LogP contribution in [0.3, 0.4) is 0 Å². The van der Waals surface area contributed by atoms with Gasteiger partial charge in [-0.25, -0.2) is 0 Å². The fourth-order valence-electron chi connectivity index (χ4n) is 3.76. The Balaban J connectivity index is 1.23. The van der Waals surface area contributed by atoms with Crippen molar-refractivity contribution in [1.29, 1.82) is 0 Å². The summed E-state index contributed by atoms with van der Waals surface area (Å²) in [4.78, 5) is 38.8. The quantitative estimate of drug-likeness (QED) is 0.460. The van der Waals surface area contributed by atoms with Crippen LogP contribution in [0, 0.1) is 4.77 Å². The van der Waals surface area contributed by atoms with Gasteiger partial charge in [-0.1, -0.05) is 24.3 Å². The molecule has 0 atom stereocenters. The van der Waals surface area contributed by atoms with E-state index in [1.165, 1.54) is 4.90 Å². The van der Waals surface area contributed by atoms with Gasteiger partial charge < -0.3 is 5.32 Å². The number of carbonyl (C=O) groups excluding carboxylic acids is 3. The Labute approximate surface area is 182 Å². The normalized spacial score (nSPS) is 15.3. The molecule has 1 aliphatic carbocycles. The monoisotopic (exact) mass is 433 g/mol. The molecule has 156 valence electrons. The van der Waals surface area contributed by atoms with Crippen molar-refractivity contribution in [2.24, 2.45) is 0 Å². The predicted octanol–water partition coefficient (Wildman–Crippen LogP) is 3.00. The molecule has 1 aromatic heterocycles. The van der Waals surface area contributed by atoms with Crippen LogP contribution < -0.4 is 5.32 Å². The predicted molar refractivity (Wildman–Crippen MR) is 114 cm³/mol. The van der Waals surface area contributed by atoms with Gasteiger partial charge in [-0.05, 0) is 54.9 Å². The minimum atomic E-state index is -0.300. The standard InChI is InChI=1S/C22H19N5O3S/c28-19(23-11-18-24-25-22(31)27(18)15-9-10-15)14-7-5-13(6-8-14)12-26-20(29)16-3-1-2-4-17(16)21(26)30/h1-8,15H,9-12H2,(H,23,28)(H,25,31). The van der Waals surface area contributed by atoms with Crippen molar-refractivity contribution in [3.05, 3.63) is 81.4 Å². The molecule has 0 saturated heterocycles. The van der Waals surface area contributed by atoms with Gasteiger partial charge in [0.2, 0.25) is 0 Å². The van der Waals surface area contributed by atoms with Crippen molar-refractivity contribution in [3.8, 4) is 0 Å². The molecule has 0 unspecified atom stereocenters. The van der Waals surface area contributed by atoms with Crippen LogP contribution in [0.5, 0.6) is 0 Å². The van der Waals surface area contributed by atoms with E-state index in [1.807, 2.05) is 4.57 Å². The number of hydrogen-bond donors (Lipinski definition) is 2. The Hall–Kier alpha value is -3.59. The number of hydrogen-bond acceptors (Lipinski definition) is 5. The summed E-state index contributed by atoms with van der Waals surface area (Å²) in [5, 5.41) is 9.85. The van der Waals surface area contributed by atoms with Gasteiger partial charge in [0.1, 0.15) is 0 Å². The number of amides is 3. The average molecular weight is 433 g/mol. The third-order valence-electron chi connectivity index (χ3n) is 5.53. The highest BCUT2D eigenvalue weighted by molar-refractivity contribution is 7.71. The molecule has 8 nitrogen and oxygen atoms in total. The maximum absolute atomic E-state index is 12.5. The van der Waals surface area contributed by atoms with Gasteiger partial charge >= 0.3 is 0 Å². The second kappa shape index (κ2) is 7.59. The van der Waals surface area contributed by atoms with Gasteiger partial charge in [0.05, 0.1) is 24.2 Å². The lowest BCUT2D eigenvalue weighted by molar-refractivity contribution is 0.0641. The fraction of sp³-hybridized carbons (Fsp3) is 0.227. The molecule has 1 fully saturated rings. The molecule has 2 heterocycles. The Kier molecular flexibility index (Phi) is 4.74. The minimum absolute atomic E-state index is 0.157. The zero-order valence-electron chi connectivity index (χ0n) is 16.5. The summed E-state index contributed by atoms with van der Waals surface area (Å²) in [5.74, 6) is -0.121. The van der Waals surface area contributed by atoms with E-state index in [0.29, 0.717) is 33.3 Å². The number of benzene rings is 2. The topological polar surface area (TPSA) is 100 Å². The van der Waals surface area contributed by atoms with Crippen molar-refractivity contribution in [1.82, 2.24) is 25.0 Å². The molecule has 1 aliphatic heterocycles. The van der Waals surface area contributed by atoms with Crippen molar-refractivity contribution in [3.63, 3.8) is 0 Å². The summed E-state index contributed by atoms with van der Waals surface area (Å²) < 4.78 is 2.53. The van der Waals surface area contributed by atoms with Crippen LogP contribution in [-0.4, -0.2) is 37.4 Å². The fourth-order valence-corrected chi connectivity index (χ4v) is 4.06. The Morgan fingerprint density at radius 3 is 2.32 bits per heavy atom. The second-order valence-corrected chi connectivity index (χ2v) is 8.05. The maximum Gasteiger partial charge on any atom is 0.261 e. The van der Waals surface area contributed by atoms with E-state index >= 15 is 0 Å². The molecule has 2 aromatic carbocycles. The third kappa shape index (κ3) is 3.57. The number of imide groups is 1. The first-order chi connectivity index (χ1) is 15.0. The van der Waals surface area contributed by atoms with Crippen LogP contribution in [0.1, 0.15) is 61.3 Å². The molecule has 3 amide bonds. The van der Waals surface area contributed by atoms with Crippen molar-refractivity contribution in [2.75, 3.05) is 0 Å². The summed E-state index contributed by atoms with van der Waals surface area (Å²) in [5.41, 5.74) is 2.10. The number of nitrogens with one attached hydrogen (secondary N) is 2. The number of rotatable bonds is 6. The van der Waals surface area contributed by atoms with Crippen molar-refractivity contribution >= 4 is 29.9 Å². The second-order valence-electron chi connectivity index (χ2n) is 7.67. The molecule has 2 aliphatic rings. The lowest BCUT2D eigenvalue weighted by Crippen LogP contribution is -2.29. The van der Waals surface area contributed by atoms with Crippen LogP contribution in [0.15, 0.2) is 48.5 Å². The van der Waals surface area contributed by atoms with Crippen molar-refractivity contribution in [2.45, 2.75) is 32.0 Å². The first-order valence-electron chi connectivity index (χ1n) is 10.0. The zero-order valence-corrected chi connectivity index (χ0v) is 17.3. The first-order valence-corrected chi connectivity index (χ1v) is 10.4. The number of aromatic nitrogens is 3. The molecule has 9 heteroatoms. The van der Waals surface area contributed by atoms with Crippen LogP contribution in [0.25, 0.3) is 0 Å². The molecular formula is C22H19N5O3S. The summed E-state index contributed by atoms with van der Waals surface area (Å²) >= 11 is 5.26. The maximum atomic E-state index is 12.5. The molecule has 2 N–H and O–H groups in total. The largest absolute Gasteiger partial charge is 0.345 e. The van der Waals surface area contributed by atoms with Gasteiger partial charge in [-0.15, -0.1) is 0 Å². The molecule has 5 rings (SSSR count). The highest BCUT2D eigenvalue weighted by Crippen LogP contribution is 2.35. The number of H-pyrrole nitrogens is 1. The molecule has 0 radical (unpaired) electrons. The SMILES string of the molecule is O=C(NCc1n[nH]c(=S)n1C1CC1)c1ccc(CN2C(=O)c3ccccc3C2=O)cc1. The van der Waals surface area contributed by atoms with E-state index in [0.717, 1.165) is 18.4 Å². The number of fused-ring (bicyclic) bond motifs is 1. The van der Waals surface area contributed by atoms with E-state index in [9.17, 15) is 14.4 Å². The van der Waals surface area contributed by atoms with Crippen LogP contribution in [-0.2, 0) is 13.1 Å². The summed E-state index contributed by atoms with van der Waals surface area (Å²) in [6.07, 6.45) is 2.15.